The molecule has 0 radical (unpaired) electrons. The topological polar surface area (TPSA) is 99.7 Å². The highest BCUT2D eigenvalue weighted by Gasteiger charge is 2.32. The standard InChI is InChI=1S/C25H28FN7O2/c1-14-10-33-12-17(9-21(26)24(33)27-14)29-25(35)19-3-4-22(20-13-31(2)30-23(19)20)32-6-5-15(11-32)28-16-7-18(34)8-16/h3-4,9-10,12-13,15-16,18,28,34H,5-8,11H2,1-2H3,(H,29,35)/t15-,16-,18-/m0/s1. The smallest absolute Gasteiger partial charge is 0.257 e. The Kier molecular flexibility index (Phi) is 5.23. The number of hydrogen-bond acceptors (Lipinski definition) is 6. The number of aromatic nitrogens is 4. The number of imidazole rings is 1. The minimum Gasteiger partial charge on any atom is -0.393 e. The highest BCUT2D eigenvalue weighted by molar-refractivity contribution is 6.13. The first kappa shape index (κ1) is 22.0. The molecular weight excluding hydrogens is 449 g/mol. The van der Waals surface area contributed by atoms with E-state index in [4.69, 9.17) is 0 Å². The Balaban J connectivity index is 1.25. The molecule has 3 aromatic heterocycles. The molecule has 0 spiro atoms. The van der Waals surface area contributed by atoms with Gasteiger partial charge in [-0.25, -0.2) is 9.37 Å². The summed E-state index contributed by atoms with van der Waals surface area (Å²) in [6, 6.07) is 5.81. The maximum Gasteiger partial charge on any atom is 0.257 e. The second-order valence-corrected chi connectivity index (χ2v) is 9.76. The predicted octanol–water partition coefficient (Wildman–Crippen LogP) is 2.61. The quantitative estimate of drug-likeness (QED) is 0.409. The summed E-state index contributed by atoms with van der Waals surface area (Å²) < 4.78 is 17.8. The second kappa shape index (κ2) is 8.31. The van der Waals surface area contributed by atoms with Crippen molar-refractivity contribution in [1.29, 1.82) is 0 Å². The summed E-state index contributed by atoms with van der Waals surface area (Å²) in [4.78, 5) is 19.7. The predicted molar refractivity (Wildman–Crippen MR) is 131 cm³/mol. The van der Waals surface area contributed by atoms with Crippen LogP contribution in [0.3, 0.4) is 0 Å². The lowest BCUT2D eigenvalue weighted by Gasteiger charge is -2.34. The number of nitrogens with one attached hydrogen (secondary N) is 2. The van der Waals surface area contributed by atoms with Gasteiger partial charge in [0.1, 0.15) is 5.52 Å². The second-order valence-electron chi connectivity index (χ2n) is 9.76. The molecule has 1 atom stereocenters. The number of anilines is 2. The van der Waals surface area contributed by atoms with E-state index in [9.17, 15) is 14.3 Å². The number of hydrogen-bond donors (Lipinski definition) is 3. The third-order valence-corrected chi connectivity index (χ3v) is 7.01. The molecule has 182 valence electrons. The van der Waals surface area contributed by atoms with Crippen molar-refractivity contribution in [2.75, 3.05) is 23.3 Å². The van der Waals surface area contributed by atoms with Crippen molar-refractivity contribution >= 4 is 33.8 Å². The molecule has 1 aliphatic heterocycles. The van der Waals surface area contributed by atoms with Gasteiger partial charge in [0.15, 0.2) is 11.5 Å². The van der Waals surface area contributed by atoms with E-state index in [1.807, 2.05) is 19.3 Å². The van der Waals surface area contributed by atoms with Gasteiger partial charge in [0.2, 0.25) is 0 Å². The Labute approximate surface area is 201 Å². The van der Waals surface area contributed by atoms with E-state index in [2.05, 4.69) is 25.6 Å². The van der Waals surface area contributed by atoms with Gasteiger partial charge in [-0.05, 0) is 38.3 Å². The molecule has 1 aromatic carbocycles. The van der Waals surface area contributed by atoms with E-state index in [1.54, 1.807) is 34.5 Å². The monoisotopic (exact) mass is 477 g/mol. The van der Waals surface area contributed by atoms with Crippen molar-refractivity contribution in [3.63, 3.8) is 0 Å². The van der Waals surface area contributed by atoms with E-state index in [0.717, 1.165) is 43.4 Å². The SMILES string of the molecule is Cc1cn2cc(NC(=O)c3ccc(N4CC[C@H](N[C@H]5C[C@H](O)C5)C4)c4cn(C)nc34)cc(F)c2n1. The van der Waals surface area contributed by atoms with Crippen molar-refractivity contribution in [2.24, 2.45) is 7.05 Å². The number of aliphatic hydroxyl groups is 1. The molecule has 4 heterocycles. The highest BCUT2D eigenvalue weighted by Crippen LogP contribution is 2.32. The molecule has 1 amide bonds. The van der Waals surface area contributed by atoms with Crippen LogP contribution in [0.4, 0.5) is 15.8 Å². The summed E-state index contributed by atoms with van der Waals surface area (Å²) in [7, 11) is 1.84. The Bertz CT molecular complexity index is 1440. The number of rotatable bonds is 5. The fraction of sp³-hybridized carbons (Fsp3) is 0.400. The Morgan fingerprint density at radius 2 is 2.03 bits per heavy atom. The van der Waals surface area contributed by atoms with Crippen LogP contribution < -0.4 is 15.5 Å². The number of aliphatic hydroxyl groups excluding tert-OH is 1. The van der Waals surface area contributed by atoms with Crippen LogP contribution >= 0.6 is 0 Å². The lowest BCUT2D eigenvalue weighted by atomic mass is 9.89. The van der Waals surface area contributed by atoms with E-state index >= 15 is 0 Å². The van der Waals surface area contributed by atoms with Gasteiger partial charge in [-0.1, -0.05) is 0 Å². The zero-order valence-electron chi connectivity index (χ0n) is 19.7. The maximum atomic E-state index is 14.5. The first-order valence-electron chi connectivity index (χ1n) is 12.0. The number of aryl methyl sites for hydroxylation is 2. The van der Waals surface area contributed by atoms with Crippen LogP contribution in [0.25, 0.3) is 16.6 Å². The fourth-order valence-electron chi connectivity index (χ4n) is 5.28. The van der Waals surface area contributed by atoms with Crippen molar-refractivity contribution < 1.29 is 14.3 Å². The summed E-state index contributed by atoms with van der Waals surface area (Å²) >= 11 is 0. The van der Waals surface area contributed by atoms with Crippen LogP contribution in [0, 0.1) is 12.7 Å². The normalized spacial score (nSPS) is 22.2. The number of fused-ring (bicyclic) bond motifs is 2. The molecule has 1 saturated heterocycles. The minimum atomic E-state index is -0.497. The number of nitrogens with zero attached hydrogens (tertiary/aromatic N) is 5. The molecule has 1 aliphatic carbocycles. The third kappa shape index (κ3) is 4.02. The third-order valence-electron chi connectivity index (χ3n) is 7.01. The first-order valence-corrected chi connectivity index (χ1v) is 12.0. The number of amides is 1. The highest BCUT2D eigenvalue weighted by atomic mass is 19.1. The molecule has 6 rings (SSSR count). The number of benzene rings is 1. The van der Waals surface area contributed by atoms with Gasteiger partial charge in [-0.15, -0.1) is 0 Å². The number of carbonyl (C=O) groups is 1. The maximum absolute atomic E-state index is 14.5. The van der Waals surface area contributed by atoms with E-state index in [1.165, 1.54) is 6.07 Å². The molecule has 2 aliphatic rings. The van der Waals surface area contributed by atoms with Crippen LogP contribution in [-0.4, -0.2) is 61.5 Å². The zero-order chi connectivity index (χ0) is 24.3. The van der Waals surface area contributed by atoms with Gasteiger partial charge >= 0.3 is 0 Å². The lowest BCUT2D eigenvalue weighted by Crippen LogP contribution is -2.49. The lowest BCUT2D eigenvalue weighted by molar-refractivity contribution is 0.0587. The number of pyridine rings is 1. The van der Waals surface area contributed by atoms with Gasteiger partial charge in [0.25, 0.3) is 5.91 Å². The van der Waals surface area contributed by atoms with E-state index in [0.29, 0.717) is 34.5 Å². The molecule has 10 heteroatoms. The van der Waals surface area contributed by atoms with Gasteiger partial charge in [-0.3, -0.25) is 9.48 Å². The van der Waals surface area contributed by atoms with Gasteiger partial charge in [0, 0.05) is 68.0 Å². The largest absolute Gasteiger partial charge is 0.393 e. The summed E-state index contributed by atoms with van der Waals surface area (Å²) in [6.07, 6.45) is 7.81. The zero-order valence-corrected chi connectivity index (χ0v) is 19.7. The van der Waals surface area contributed by atoms with Crippen LogP contribution in [-0.2, 0) is 7.05 Å². The Hall–Kier alpha value is -3.50. The molecular formula is C25H28FN7O2. The van der Waals surface area contributed by atoms with Gasteiger partial charge in [0.05, 0.1) is 23.0 Å². The number of carbonyl (C=O) groups excluding carboxylic acids is 1. The summed E-state index contributed by atoms with van der Waals surface area (Å²) in [5.41, 5.74) is 3.36. The van der Waals surface area contributed by atoms with Crippen LogP contribution in [0.2, 0.25) is 0 Å². The number of halogens is 1. The van der Waals surface area contributed by atoms with E-state index < -0.39 is 5.82 Å². The van der Waals surface area contributed by atoms with Crippen LogP contribution in [0.5, 0.6) is 0 Å². The summed E-state index contributed by atoms with van der Waals surface area (Å²) in [6.45, 7) is 3.57. The molecule has 0 bridgehead atoms. The van der Waals surface area contributed by atoms with Crippen molar-refractivity contribution in [3.05, 3.63) is 53.9 Å². The average molecular weight is 478 g/mol. The molecule has 0 unspecified atom stereocenters. The average Bonchev–Trinajstić information content (AvgIpc) is 3.49. The minimum absolute atomic E-state index is 0.166. The molecule has 3 N–H and O–H groups in total. The molecule has 9 nitrogen and oxygen atoms in total. The Morgan fingerprint density at radius 1 is 1.20 bits per heavy atom. The van der Waals surface area contributed by atoms with Crippen LogP contribution in [0.1, 0.15) is 35.3 Å². The van der Waals surface area contributed by atoms with Crippen molar-refractivity contribution in [3.8, 4) is 0 Å². The van der Waals surface area contributed by atoms with E-state index in [-0.39, 0.29) is 17.7 Å². The van der Waals surface area contributed by atoms with Gasteiger partial charge < -0.3 is 25.0 Å². The van der Waals surface area contributed by atoms with Crippen LogP contribution in [0.15, 0.2) is 36.8 Å². The van der Waals surface area contributed by atoms with Crippen molar-refractivity contribution in [1.82, 2.24) is 24.5 Å². The van der Waals surface area contributed by atoms with Gasteiger partial charge in [-0.2, -0.15) is 5.10 Å². The molecule has 4 aromatic rings. The fourth-order valence-corrected chi connectivity index (χ4v) is 5.28. The molecule has 1 saturated carbocycles. The summed E-state index contributed by atoms with van der Waals surface area (Å²) in [5.74, 6) is -0.844. The molecule has 2 fully saturated rings. The summed E-state index contributed by atoms with van der Waals surface area (Å²) in [5, 5.41) is 21.5. The van der Waals surface area contributed by atoms with Crippen molar-refractivity contribution in [2.45, 2.75) is 44.4 Å². The molecule has 35 heavy (non-hydrogen) atoms. The Morgan fingerprint density at radius 3 is 2.83 bits per heavy atom. The first-order chi connectivity index (χ1) is 16.8.